The van der Waals surface area contributed by atoms with Gasteiger partial charge >= 0.3 is 0 Å². The molecule has 0 spiro atoms. The summed E-state index contributed by atoms with van der Waals surface area (Å²) in [4.78, 5) is 19.4. The maximum Gasteiger partial charge on any atom is 0.225 e. The number of rotatable bonds is 8. The van der Waals surface area contributed by atoms with E-state index in [1.54, 1.807) is 11.3 Å². The van der Waals surface area contributed by atoms with Crippen molar-refractivity contribution in [2.45, 2.75) is 68.7 Å². The second-order valence-corrected chi connectivity index (χ2v) is 12.1. The fourth-order valence-corrected chi connectivity index (χ4v) is 6.92. The number of nitrogens with one attached hydrogen (secondary N) is 2. The van der Waals surface area contributed by atoms with Gasteiger partial charge in [-0.3, -0.25) is 4.98 Å². The van der Waals surface area contributed by atoms with E-state index in [1.807, 2.05) is 25.3 Å². The molecule has 0 radical (unpaired) electrons. The average molecular weight is 545 g/mol. The van der Waals surface area contributed by atoms with Crippen molar-refractivity contribution in [1.29, 1.82) is 0 Å². The summed E-state index contributed by atoms with van der Waals surface area (Å²) in [5.74, 6) is 1.59. The highest BCUT2D eigenvalue weighted by Crippen LogP contribution is 2.45. The number of anilines is 2. The zero-order valence-corrected chi connectivity index (χ0v) is 22.5. The van der Waals surface area contributed by atoms with Crippen LogP contribution in [0, 0.1) is 12.8 Å². The summed E-state index contributed by atoms with van der Waals surface area (Å²) < 4.78 is 1.08. The number of nitrogens with zero attached hydrogens (tertiary/aromatic N) is 4. The Morgan fingerprint density at radius 1 is 0.949 bits per heavy atom. The topological polar surface area (TPSA) is 136 Å². The van der Waals surface area contributed by atoms with E-state index < -0.39 is 24.2 Å². The van der Waals surface area contributed by atoms with Crippen LogP contribution >= 0.6 is 11.3 Å². The van der Waals surface area contributed by atoms with Crippen molar-refractivity contribution in [3.8, 4) is 10.6 Å². The lowest BCUT2D eigenvalue weighted by atomic mass is 10.1. The zero-order chi connectivity index (χ0) is 26.7. The highest BCUT2D eigenvalue weighted by atomic mass is 32.1. The minimum atomic E-state index is -1.02. The van der Waals surface area contributed by atoms with Crippen LogP contribution in [0.25, 0.3) is 20.8 Å². The first-order valence-electron chi connectivity index (χ1n) is 13.7. The van der Waals surface area contributed by atoms with Crippen LogP contribution in [0.2, 0.25) is 0 Å². The standard InChI is InChI=1S/C29H32N6O3S/c1-14-22(28-34-24-21(39-28)9-10-30-23(24)16-7-8-16)27(32-20-11-17(13-36)25(37)26(20)38)35-29(31-14)33-19-12-18(19)15-5-3-2-4-6-15/h2-6,9-10,16-20,25-26,36-38H,7-8,11-13H2,1H3,(H2,31,32,33,35)/t17-,18+,19+,20?,25-,26+/m1/s1. The molecule has 3 fully saturated rings. The number of benzene rings is 1. The monoisotopic (exact) mass is 544 g/mol. The lowest BCUT2D eigenvalue weighted by molar-refractivity contribution is 0.00446. The second kappa shape index (κ2) is 9.78. The van der Waals surface area contributed by atoms with Gasteiger partial charge in [0.2, 0.25) is 5.95 Å². The largest absolute Gasteiger partial charge is 0.396 e. The summed E-state index contributed by atoms with van der Waals surface area (Å²) in [7, 11) is 0. The van der Waals surface area contributed by atoms with Crippen molar-refractivity contribution in [1.82, 2.24) is 19.9 Å². The number of thiazole rings is 1. The lowest BCUT2D eigenvalue weighted by Crippen LogP contribution is -2.35. The molecule has 3 aliphatic carbocycles. The minimum absolute atomic E-state index is 0.184. The number of aliphatic hydroxyl groups is 3. The van der Waals surface area contributed by atoms with Crippen LogP contribution in [0.15, 0.2) is 42.6 Å². The van der Waals surface area contributed by atoms with Gasteiger partial charge in [0, 0.05) is 36.6 Å². The Hall–Kier alpha value is -3.18. The molecule has 3 heterocycles. The van der Waals surface area contributed by atoms with E-state index >= 15 is 0 Å². The van der Waals surface area contributed by atoms with Gasteiger partial charge < -0.3 is 26.0 Å². The highest BCUT2D eigenvalue weighted by Gasteiger charge is 2.42. The van der Waals surface area contributed by atoms with Crippen LogP contribution in [0.1, 0.15) is 54.5 Å². The molecule has 202 valence electrons. The smallest absolute Gasteiger partial charge is 0.225 e. The van der Waals surface area contributed by atoms with Gasteiger partial charge in [0.25, 0.3) is 0 Å². The maximum atomic E-state index is 10.8. The van der Waals surface area contributed by atoms with Crippen molar-refractivity contribution in [2.24, 2.45) is 5.92 Å². The van der Waals surface area contributed by atoms with Crippen molar-refractivity contribution in [2.75, 3.05) is 17.2 Å². The fourth-order valence-electron chi connectivity index (χ4n) is 5.85. The zero-order valence-electron chi connectivity index (χ0n) is 21.7. The number of aliphatic hydroxyl groups excluding tert-OH is 3. The number of fused-ring (bicyclic) bond motifs is 1. The van der Waals surface area contributed by atoms with E-state index in [-0.39, 0.29) is 12.6 Å². The van der Waals surface area contributed by atoms with E-state index in [2.05, 4.69) is 39.9 Å². The molecular formula is C29H32N6O3S. The van der Waals surface area contributed by atoms with Gasteiger partial charge in [0.15, 0.2) is 0 Å². The molecule has 0 saturated heterocycles. The summed E-state index contributed by atoms with van der Waals surface area (Å²) in [6, 6.07) is 12.2. The van der Waals surface area contributed by atoms with Crippen LogP contribution in [0.5, 0.6) is 0 Å². The van der Waals surface area contributed by atoms with Crippen LogP contribution in [0.4, 0.5) is 11.8 Å². The summed E-state index contributed by atoms with van der Waals surface area (Å²) >= 11 is 1.59. The molecule has 39 heavy (non-hydrogen) atoms. The molecule has 1 unspecified atom stereocenters. The minimum Gasteiger partial charge on any atom is -0.396 e. The summed E-state index contributed by atoms with van der Waals surface area (Å²) in [6.07, 6.45) is 3.58. The Bertz CT molecular complexity index is 1510. The molecule has 3 aliphatic rings. The van der Waals surface area contributed by atoms with E-state index in [0.717, 1.165) is 51.4 Å². The quantitative estimate of drug-likeness (QED) is 0.224. The molecule has 6 atom stereocenters. The molecule has 5 N–H and O–H groups in total. The van der Waals surface area contributed by atoms with Crippen LogP contribution < -0.4 is 10.6 Å². The number of hydrogen-bond acceptors (Lipinski definition) is 10. The molecule has 0 bridgehead atoms. The number of aryl methyl sites for hydroxylation is 1. The Kier molecular flexibility index (Phi) is 6.23. The first kappa shape index (κ1) is 24.8. The number of hydrogen-bond donors (Lipinski definition) is 5. The predicted molar refractivity (Wildman–Crippen MR) is 151 cm³/mol. The molecule has 4 aromatic rings. The SMILES string of the molecule is Cc1nc(N[C@H]2C[C@H]2c2ccccc2)nc(NC2C[C@H](CO)[C@@H](O)[C@H]2O)c1-c1nc2c(C3CC3)nccc2s1. The van der Waals surface area contributed by atoms with E-state index in [4.69, 9.17) is 15.0 Å². The third kappa shape index (κ3) is 4.65. The summed E-state index contributed by atoms with van der Waals surface area (Å²) in [5, 5.41) is 38.6. The van der Waals surface area contributed by atoms with Gasteiger partial charge in [-0.2, -0.15) is 4.98 Å². The van der Waals surface area contributed by atoms with Gasteiger partial charge in [0.1, 0.15) is 22.4 Å². The van der Waals surface area contributed by atoms with Crippen LogP contribution in [-0.2, 0) is 0 Å². The third-order valence-electron chi connectivity index (χ3n) is 8.29. The third-order valence-corrected chi connectivity index (χ3v) is 9.33. The van der Waals surface area contributed by atoms with Crippen molar-refractivity contribution >= 4 is 33.3 Å². The van der Waals surface area contributed by atoms with Crippen molar-refractivity contribution in [3.63, 3.8) is 0 Å². The van der Waals surface area contributed by atoms with Gasteiger partial charge in [-0.25, -0.2) is 9.97 Å². The van der Waals surface area contributed by atoms with Crippen molar-refractivity contribution in [3.05, 3.63) is 59.5 Å². The molecule has 9 nitrogen and oxygen atoms in total. The molecule has 7 rings (SSSR count). The van der Waals surface area contributed by atoms with Gasteiger partial charge in [0.05, 0.1) is 33.8 Å². The Labute approximate surface area is 230 Å². The van der Waals surface area contributed by atoms with E-state index in [1.165, 1.54) is 5.56 Å². The molecule has 3 saturated carbocycles. The molecule has 0 amide bonds. The molecule has 1 aromatic carbocycles. The molecule has 0 aliphatic heterocycles. The van der Waals surface area contributed by atoms with E-state index in [9.17, 15) is 15.3 Å². The van der Waals surface area contributed by atoms with E-state index in [0.29, 0.717) is 30.0 Å². The highest BCUT2D eigenvalue weighted by molar-refractivity contribution is 7.21. The normalized spacial score (nSPS) is 28.1. The number of pyridine rings is 1. The number of aromatic nitrogens is 4. The Balaban J connectivity index is 1.24. The predicted octanol–water partition coefficient (Wildman–Crippen LogP) is 3.82. The molecule has 10 heteroatoms. The Morgan fingerprint density at radius 3 is 2.51 bits per heavy atom. The first-order valence-corrected chi connectivity index (χ1v) is 14.5. The van der Waals surface area contributed by atoms with Crippen molar-refractivity contribution < 1.29 is 15.3 Å². The van der Waals surface area contributed by atoms with Crippen LogP contribution in [0.3, 0.4) is 0 Å². The Morgan fingerprint density at radius 2 is 1.77 bits per heavy atom. The average Bonchev–Trinajstić information content (AvgIpc) is 3.86. The molecular weight excluding hydrogens is 512 g/mol. The molecule has 3 aromatic heterocycles. The lowest BCUT2D eigenvalue weighted by Gasteiger charge is -2.21. The first-order chi connectivity index (χ1) is 19.0. The van der Waals surface area contributed by atoms with Gasteiger partial charge in [-0.15, -0.1) is 11.3 Å². The summed E-state index contributed by atoms with van der Waals surface area (Å²) in [5.41, 5.74) is 4.86. The maximum absolute atomic E-state index is 10.8. The fraction of sp³-hybridized carbons (Fsp3) is 0.448. The van der Waals surface area contributed by atoms with Gasteiger partial charge in [-0.05, 0) is 44.2 Å². The van der Waals surface area contributed by atoms with Crippen LogP contribution in [-0.4, -0.2) is 66.2 Å². The summed E-state index contributed by atoms with van der Waals surface area (Å²) in [6.45, 7) is 1.77. The van der Waals surface area contributed by atoms with Gasteiger partial charge in [-0.1, -0.05) is 30.3 Å². The second-order valence-electron chi connectivity index (χ2n) is 11.1.